The molecule has 0 N–H and O–H groups in total. The number of aromatic nitrogens is 3. The van der Waals surface area contributed by atoms with Gasteiger partial charge in [0, 0.05) is 33.4 Å². The molecule has 0 aromatic carbocycles. The van der Waals surface area contributed by atoms with Gasteiger partial charge in [0.15, 0.2) is 17.3 Å². The Balaban J connectivity index is 1.55. The van der Waals surface area contributed by atoms with Gasteiger partial charge in [-0.3, -0.25) is 0 Å². The number of rotatable bonds is 6. The van der Waals surface area contributed by atoms with Crippen LogP contribution in [0.25, 0.3) is 11.2 Å². The fourth-order valence-electron chi connectivity index (χ4n) is 4.83. The number of likely N-dealkylation sites (tertiary alicyclic amines) is 2. The van der Waals surface area contributed by atoms with Crippen LogP contribution in [0.15, 0.2) is 18.3 Å². The average molecular weight is 412 g/mol. The zero-order valence-corrected chi connectivity index (χ0v) is 19.1. The van der Waals surface area contributed by atoms with E-state index in [1.54, 1.807) is 6.20 Å². The molecule has 0 saturated carbocycles. The summed E-state index contributed by atoms with van der Waals surface area (Å²) in [4.78, 5) is 24.0. The van der Waals surface area contributed by atoms with E-state index < -0.39 is 0 Å². The molecule has 0 spiro atoms. The number of pyridine rings is 1. The van der Waals surface area contributed by atoms with Crippen LogP contribution in [-0.4, -0.2) is 92.2 Å². The molecule has 2 aliphatic heterocycles. The van der Waals surface area contributed by atoms with Gasteiger partial charge in [0.25, 0.3) is 0 Å². The summed E-state index contributed by atoms with van der Waals surface area (Å²) in [5.74, 6) is 3.38. The van der Waals surface area contributed by atoms with Crippen molar-refractivity contribution in [1.82, 2.24) is 24.8 Å². The summed E-state index contributed by atoms with van der Waals surface area (Å²) in [6.45, 7) is 6.81. The maximum Gasteiger partial charge on any atom is 0.180 e. The van der Waals surface area contributed by atoms with Crippen molar-refractivity contribution in [2.75, 3.05) is 77.3 Å². The van der Waals surface area contributed by atoms with Crippen LogP contribution < -0.4 is 9.80 Å². The minimum Gasteiger partial charge on any atom is -0.356 e. The van der Waals surface area contributed by atoms with Gasteiger partial charge in [0.1, 0.15) is 5.52 Å². The first-order valence-electron chi connectivity index (χ1n) is 11.4. The lowest BCUT2D eigenvalue weighted by molar-refractivity contribution is 0.221. The van der Waals surface area contributed by atoms with Crippen LogP contribution in [0, 0.1) is 11.8 Å². The van der Waals surface area contributed by atoms with Crippen LogP contribution >= 0.6 is 0 Å². The second kappa shape index (κ2) is 9.43. The quantitative estimate of drug-likeness (QED) is 0.724. The van der Waals surface area contributed by atoms with Gasteiger partial charge in [0.05, 0.1) is 0 Å². The topological polar surface area (TPSA) is 51.6 Å². The third kappa shape index (κ3) is 5.01. The number of piperidine rings is 2. The summed E-state index contributed by atoms with van der Waals surface area (Å²) >= 11 is 0. The second-order valence-corrected chi connectivity index (χ2v) is 9.47. The Kier molecular flexibility index (Phi) is 6.68. The minimum atomic E-state index is 0.708. The molecule has 0 amide bonds. The highest BCUT2D eigenvalue weighted by Gasteiger charge is 2.24. The van der Waals surface area contributed by atoms with E-state index in [1.807, 2.05) is 12.1 Å². The lowest BCUT2D eigenvalue weighted by Gasteiger charge is -2.35. The van der Waals surface area contributed by atoms with Crippen molar-refractivity contribution in [3.63, 3.8) is 0 Å². The lowest BCUT2D eigenvalue weighted by atomic mass is 9.96. The van der Waals surface area contributed by atoms with E-state index in [0.29, 0.717) is 11.8 Å². The Hall–Kier alpha value is -1.99. The summed E-state index contributed by atoms with van der Waals surface area (Å²) in [6.07, 6.45) is 6.82. The SMILES string of the molecule is CN1CCC(CN(C)c2nc3cccnc3nc2N(C)CC2CCN(C)CC2)CC1. The molecule has 7 heteroatoms. The van der Waals surface area contributed by atoms with E-state index in [-0.39, 0.29) is 0 Å². The predicted molar refractivity (Wildman–Crippen MR) is 124 cm³/mol. The Morgan fingerprint density at radius 2 is 1.33 bits per heavy atom. The number of anilines is 2. The first-order valence-corrected chi connectivity index (χ1v) is 11.4. The second-order valence-electron chi connectivity index (χ2n) is 9.47. The Morgan fingerprint density at radius 3 is 1.87 bits per heavy atom. The fraction of sp³-hybridized carbons (Fsp3) is 0.696. The Labute approximate surface area is 181 Å². The molecule has 0 aliphatic carbocycles. The van der Waals surface area contributed by atoms with E-state index in [9.17, 15) is 0 Å². The summed E-state index contributed by atoms with van der Waals surface area (Å²) < 4.78 is 0. The van der Waals surface area contributed by atoms with Crippen molar-refractivity contribution in [2.45, 2.75) is 25.7 Å². The largest absolute Gasteiger partial charge is 0.356 e. The van der Waals surface area contributed by atoms with Crippen LogP contribution in [0.3, 0.4) is 0 Å². The summed E-state index contributed by atoms with van der Waals surface area (Å²) in [5, 5.41) is 0. The molecule has 2 saturated heterocycles. The summed E-state index contributed by atoms with van der Waals surface area (Å²) in [6, 6.07) is 3.96. The minimum absolute atomic E-state index is 0.708. The van der Waals surface area contributed by atoms with E-state index >= 15 is 0 Å². The number of fused-ring (bicyclic) bond motifs is 1. The molecule has 0 atom stereocenters. The van der Waals surface area contributed by atoms with Crippen LogP contribution in [0.5, 0.6) is 0 Å². The number of hydrogen-bond donors (Lipinski definition) is 0. The van der Waals surface area contributed by atoms with Crippen molar-refractivity contribution in [2.24, 2.45) is 11.8 Å². The average Bonchev–Trinajstić information content (AvgIpc) is 2.76. The highest BCUT2D eigenvalue weighted by atomic mass is 15.3. The molecule has 4 rings (SSSR count). The van der Waals surface area contributed by atoms with Gasteiger partial charge >= 0.3 is 0 Å². The molecule has 2 aromatic rings. The van der Waals surface area contributed by atoms with E-state index in [4.69, 9.17) is 9.97 Å². The molecule has 0 bridgehead atoms. The molecule has 2 aromatic heterocycles. The van der Waals surface area contributed by atoms with Crippen LogP contribution in [-0.2, 0) is 0 Å². The third-order valence-corrected chi connectivity index (χ3v) is 6.87. The van der Waals surface area contributed by atoms with Gasteiger partial charge < -0.3 is 19.6 Å². The van der Waals surface area contributed by atoms with Gasteiger partial charge in [-0.05, 0) is 89.9 Å². The number of nitrogens with zero attached hydrogens (tertiary/aromatic N) is 7. The maximum absolute atomic E-state index is 5.02. The first kappa shape index (κ1) is 21.2. The van der Waals surface area contributed by atoms with E-state index in [0.717, 1.165) is 35.9 Å². The zero-order valence-electron chi connectivity index (χ0n) is 19.1. The predicted octanol–water partition coefficient (Wildman–Crippen LogP) is 2.58. The number of hydrogen-bond acceptors (Lipinski definition) is 7. The summed E-state index contributed by atoms with van der Waals surface area (Å²) in [5.41, 5.74) is 1.61. The van der Waals surface area contributed by atoms with E-state index in [2.05, 4.69) is 52.8 Å². The smallest absolute Gasteiger partial charge is 0.180 e. The van der Waals surface area contributed by atoms with Gasteiger partial charge in [-0.15, -0.1) is 0 Å². The molecular formula is C23H37N7. The monoisotopic (exact) mass is 411 g/mol. The van der Waals surface area contributed by atoms with Gasteiger partial charge in [-0.1, -0.05) is 0 Å². The van der Waals surface area contributed by atoms with Gasteiger partial charge in [-0.25, -0.2) is 15.0 Å². The molecular weight excluding hydrogens is 374 g/mol. The highest BCUT2D eigenvalue weighted by molar-refractivity contribution is 5.77. The van der Waals surface area contributed by atoms with Crippen LogP contribution in [0.4, 0.5) is 11.6 Å². The standard InChI is InChI=1S/C23H37N7/c1-27-12-7-18(8-13-27)16-29(3)22-23(26-21-20(25-22)6-5-11-24-21)30(4)17-19-9-14-28(2)15-10-19/h5-6,11,18-19H,7-10,12-17H2,1-4H3. The van der Waals surface area contributed by atoms with Crippen molar-refractivity contribution in [1.29, 1.82) is 0 Å². The molecule has 0 radical (unpaired) electrons. The lowest BCUT2D eigenvalue weighted by Crippen LogP contribution is -2.38. The maximum atomic E-state index is 5.02. The van der Waals surface area contributed by atoms with Crippen molar-refractivity contribution in [3.05, 3.63) is 18.3 Å². The van der Waals surface area contributed by atoms with Crippen molar-refractivity contribution in [3.8, 4) is 0 Å². The highest BCUT2D eigenvalue weighted by Crippen LogP contribution is 2.29. The summed E-state index contributed by atoms with van der Waals surface area (Å²) in [7, 11) is 8.79. The van der Waals surface area contributed by atoms with Crippen molar-refractivity contribution >= 4 is 22.8 Å². The Bertz CT molecular complexity index is 757. The normalized spacial score (nSPS) is 20.0. The molecule has 30 heavy (non-hydrogen) atoms. The van der Waals surface area contributed by atoms with Crippen LogP contribution in [0.1, 0.15) is 25.7 Å². The fourth-order valence-corrected chi connectivity index (χ4v) is 4.83. The van der Waals surface area contributed by atoms with Crippen LogP contribution in [0.2, 0.25) is 0 Å². The molecule has 7 nitrogen and oxygen atoms in total. The molecule has 4 heterocycles. The van der Waals surface area contributed by atoms with Gasteiger partial charge in [-0.2, -0.15) is 0 Å². The zero-order chi connectivity index (χ0) is 21.1. The van der Waals surface area contributed by atoms with Gasteiger partial charge in [0.2, 0.25) is 0 Å². The van der Waals surface area contributed by atoms with E-state index in [1.165, 1.54) is 51.9 Å². The Morgan fingerprint density at radius 1 is 0.833 bits per heavy atom. The third-order valence-electron chi connectivity index (χ3n) is 6.87. The van der Waals surface area contributed by atoms with Crippen molar-refractivity contribution < 1.29 is 0 Å². The first-order chi connectivity index (χ1) is 14.5. The molecule has 164 valence electrons. The molecule has 0 unspecified atom stereocenters. The molecule has 2 fully saturated rings. The molecule has 2 aliphatic rings.